The molecule has 0 radical (unpaired) electrons. The first kappa shape index (κ1) is 31.0. The predicted octanol–water partition coefficient (Wildman–Crippen LogP) is 3.04. The van der Waals surface area contributed by atoms with E-state index < -0.39 is 24.3 Å². The number of carboxylic acid groups (broad SMARTS) is 2. The second-order valence-corrected chi connectivity index (χ2v) is 8.37. The number of hydrogen-bond donors (Lipinski definition) is 2. The molecular weight excluding hydrogens is 530 g/mol. The van der Waals surface area contributed by atoms with Crippen molar-refractivity contribution in [3.8, 4) is 0 Å². The summed E-state index contributed by atoms with van der Waals surface area (Å²) < 4.78 is 74.8. The van der Waals surface area contributed by atoms with Crippen LogP contribution in [0.3, 0.4) is 0 Å². The van der Waals surface area contributed by atoms with Crippen molar-refractivity contribution in [2.75, 3.05) is 26.2 Å². The lowest BCUT2D eigenvalue weighted by molar-refractivity contribution is -0.193. The van der Waals surface area contributed by atoms with Gasteiger partial charge in [0, 0.05) is 44.5 Å². The summed E-state index contributed by atoms with van der Waals surface area (Å²) in [4.78, 5) is 27.2. The molecule has 2 aliphatic rings. The first-order valence-corrected chi connectivity index (χ1v) is 11.1. The standard InChI is InChI=1S/C18H24N4O2.2C2HF3O2/c1-13-16(14(2)24-20-13)10-22-7-8-23-18-12-21(11-17(18)22)9-15-5-3-4-6-19-15;2*3-2(4,5)1(6)7/h3-6,17-18H,7-12H2,1-2H3;2*(H,6,7)/t17-,18+;;/m1../s1. The lowest BCUT2D eigenvalue weighted by atomic mass is 10.1. The highest BCUT2D eigenvalue weighted by Crippen LogP contribution is 2.27. The van der Waals surface area contributed by atoms with E-state index in [0.717, 1.165) is 56.5 Å². The SMILES string of the molecule is Cc1noc(C)c1CN1CCO[C@H]2CN(Cc3ccccn3)C[C@H]21.O=C(O)C(F)(F)F.O=C(O)C(F)(F)F. The molecule has 2 N–H and O–H groups in total. The number of halogens is 6. The van der Waals surface area contributed by atoms with Crippen molar-refractivity contribution in [3.63, 3.8) is 0 Å². The van der Waals surface area contributed by atoms with Gasteiger partial charge in [-0.05, 0) is 26.0 Å². The molecule has 2 aliphatic heterocycles. The molecule has 2 aromatic rings. The Labute approximate surface area is 212 Å². The number of likely N-dealkylation sites (tertiary alicyclic amines) is 1. The molecule has 10 nitrogen and oxygen atoms in total. The van der Waals surface area contributed by atoms with Crippen molar-refractivity contribution in [2.45, 2.75) is 51.4 Å². The lowest BCUT2D eigenvalue weighted by Crippen LogP contribution is -2.50. The molecule has 212 valence electrons. The van der Waals surface area contributed by atoms with Gasteiger partial charge in [-0.15, -0.1) is 0 Å². The van der Waals surface area contributed by atoms with Gasteiger partial charge in [-0.1, -0.05) is 11.2 Å². The molecule has 4 heterocycles. The number of hydrogen-bond acceptors (Lipinski definition) is 8. The van der Waals surface area contributed by atoms with Crippen LogP contribution in [0.2, 0.25) is 0 Å². The Balaban J connectivity index is 0.000000301. The van der Waals surface area contributed by atoms with E-state index in [1.807, 2.05) is 32.2 Å². The Hall–Kier alpha value is -3.24. The topological polar surface area (TPSA) is 129 Å². The fourth-order valence-electron chi connectivity index (χ4n) is 3.81. The molecule has 2 saturated heterocycles. The highest BCUT2D eigenvalue weighted by molar-refractivity contribution is 5.73. The monoisotopic (exact) mass is 556 g/mol. The van der Waals surface area contributed by atoms with E-state index in [1.165, 1.54) is 5.56 Å². The van der Waals surface area contributed by atoms with Gasteiger partial charge in [-0.3, -0.25) is 14.8 Å². The lowest BCUT2D eigenvalue weighted by Gasteiger charge is -2.36. The van der Waals surface area contributed by atoms with E-state index >= 15 is 0 Å². The fraction of sp³-hybridized carbons (Fsp3) is 0.545. The van der Waals surface area contributed by atoms with Crippen LogP contribution in [-0.4, -0.2) is 92.8 Å². The van der Waals surface area contributed by atoms with Crippen LogP contribution in [0.1, 0.15) is 22.7 Å². The average Bonchev–Trinajstić information content (AvgIpc) is 3.37. The first-order valence-electron chi connectivity index (χ1n) is 11.1. The number of morpholine rings is 1. The number of carbonyl (C=O) groups is 2. The maximum atomic E-state index is 10.6. The summed E-state index contributed by atoms with van der Waals surface area (Å²) in [7, 11) is 0. The number of fused-ring (bicyclic) bond motifs is 1. The zero-order valence-corrected chi connectivity index (χ0v) is 20.3. The van der Waals surface area contributed by atoms with Gasteiger partial charge >= 0.3 is 24.3 Å². The summed E-state index contributed by atoms with van der Waals surface area (Å²) in [6.45, 7) is 9.54. The summed E-state index contributed by atoms with van der Waals surface area (Å²) in [6, 6.07) is 6.52. The van der Waals surface area contributed by atoms with Gasteiger partial charge < -0.3 is 19.5 Å². The van der Waals surface area contributed by atoms with E-state index in [4.69, 9.17) is 29.1 Å². The third kappa shape index (κ3) is 9.25. The molecule has 2 aromatic heterocycles. The number of pyridine rings is 1. The molecule has 0 aromatic carbocycles. The molecule has 0 bridgehead atoms. The van der Waals surface area contributed by atoms with Gasteiger partial charge in [0.25, 0.3) is 0 Å². The number of ether oxygens (including phenoxy) is 1. The normalized spacial score (nSPS) is 20.0. The minimum Gasteiger partial charge on any atom is -0.475 e. The Kier molecular flexibility index (Phi) is 10.6. The number of nitrogens with zero attached hydrogens (tertiary/aromatic N) is 4. The van der Waals surface area contributed by atoms with Gasteiger partial charge in [0.15, 0.2) is 0 Å². The van der Waals surface area contributed by atoms with Crippen LogP contribution >= 0.6 is 0 Å². The summed E-state index contributed by atoms with van der Waals surface area (Å²) in [5.41, 5.74) is 3.34. The van der Waals surface area contributed by atoms with E-state index in [9.17, 15) is 26.3 Å². The number of aromatic nitrogens is 2. The van der Waals surface area contributed by atoms with Crippen molar-refractivity contribution in [3.05, 3.63) is 47.1 Å². The van der Waals surface area contributed by atoms with Gasteiger partial charge in [0.05, 0.1) is 30.1 Å². The van der Waals surface area contributed by atoms with Crippen molar-refractivity contribution >= 4 is 11.9 Å². The quantitative estimate of drug-likeness (QED) is 0.542. The maximum Gasteiger partial charge on any atom is 0.490 e. The molecule has 2 atom stereocenters. The van der Waals surface area contributed by atoms with Crippen LogP contribution in [0.5, 0.6) is 0 Å². The van der Waals surface area contributed by atoms with Crippen molar-refractivity contribution in [1.29, 1.82) is 0 Å². The van der Waals surface area contributed by atoms with E-state index in [1.54, 1.807) is 0 Å². The highest BCUT2D eigenvalue weighted by atomic mass is 19.4. The second kappa shape index (κ2) is 13.0. The fourth-order valence-corrected chi connectivity index (χ4v) is 3.81. The predicted molar refractivity (Wildman–Crippen MR) is 117 cm³/mol. The summed E-state index contributed by atoms with van der Waals surface area (Å²) in [5.74, 6) is -4.58. The molecule has 0 spiro atoms. The van der Waals surface area contributed by atoms with Crippen LogP contribution < -0.4 is 0 Å². The Bertz CT molecular complexity index is 1020. The molecule has 0 aliphatic carbocycles. The Morgan fingerprint density at radius 1 is 1.03 bits per heavy atom. The zero-order valence-electron chi connectivity index (χ0n) is 20.3. The van der Waals surface area contributed by atoms with Crippen molar-refractivity contribution in [2.24, 2.45) is 0 Å². The van der Waals surface area contributed by atoms with Gasteiger partial charge in [0.2, 0.25) is 0 Å². The van der Waals surface area contributed by atoms with Crippen LogP contribution in [0.15, 0.2) is 28.9 Å². The summed E-state index contributed by atoms with van der Waals surface area (Å²) in [6.07, 6.45) is -8.03. The minimum absolute atomic E-state index is 0.280. The zero-order chi connectivity index (χ0) is 28.7. The first-order chi connectivity index (χ1) is 17.6. The second-order valence-electron chi connectivity index (χ2n) is 8.37. The summed E-state index contributed by atoms with van der Waals surface area (Å²) >= 11 is 0. The molecule has 0 saturated carbocycles. The average molecular weight is 556 g/mol. The largest absolute Gasteiger partial charge is 0.490 e. The molecule has 38 heavy (non-hydrogen) atoms. The molecule has 16 heteroatoms. The molecular formula is C22H26F6N4O6. The van der Waals surface area contributed by atoms with Gasteiger partial charge in [-0.25, -0.2) is 9.59 Å². The summed E-state index contributed by atoms with van der Waals surface area (Å²) in [5, 5.41) is 18.3. The molecule has 0 unspecified atom stereocenters. The van der Waals surface area contributed by atoms with Crippen LogP contribution in [0, 0.1) is 13.8 Å². The number of aryl methyl sites for hydroxylation is 2. The van der Waals surface area contributed by atoms with E-state index in [2.05, 4.69) is 26.0 Å². The van der Waals surface area contributed by atoms with Crippen molar-refractivity contribution < 1.29 is 55.4 Å². The molecule has 2 fully saturated rings. The van der Waals surface area contributed by atoms with Crippen LogP contribution in [-0.2, 0) is 27.4 Å². The molecule has 0 amide bonds. The van der Waals surface area contributed by atoms with E-state index in [-0.39, 0.29) is 6.10 Å². The third-order valence-corrected chi connectivity index (χ3v) is 5.63. The molecule has 4 rings (SSSR count). The number of aliphatic carboxylic acids is 2. The minimum atomic E-state index is -5.08. The number of rotatable bonds is 4. The van der Waals surface area contributed by atoms with Gasteiger partial charge in [-0.2, -0.15) is 26.3 Å². The third-order valence-electron chi connectivity index (χ3n) is 5.63. The Morgan fingerprint density at radius 3 is 2.11 bits per heavy atom. The smallest absolute Gasteiger partial charge is 0.475 e. The Morgan fingerprint density at radius 2 is 1.63 bits per heavy atom. The van der Waals surface area contributed by atoms with Crippen molar-refractivity contribution in [1.82, 2.24) is 19.9 Å². The number of alkyl halides is 6. The van der Waals surface area contributed by atoms with E-state index in [0.29, 0.717) is 6.04 Å². The highest BCUT2D eigenvalue weighted by Gasteiger charge is 2.41. The number of carboxylic acids is 2. The van der Waals surface area contributed by atoms with Crippen LogP contribution in [0.25, 0.3) is 0 Å². The maximum absolute atomic E-state index is 10.6. The van der Waals surface area contributed by atoms with Gasteiger partial charge in [0.1, 0.15) is 5.76 Å². The van der Waals surface area contributed by atoms with Crippen LogP contribution in [0.4, 0.5) is 26.3 Å².